The molecule has 2 N–H and O–H groups in total. The smallest absolute Gasteiger partial charge is 0.181 e. The summed E-state index contributed by atoms with van der Waals surface area (Å²) < 4.78 is 0. The zero-order valence-electron chi connectivity index (χ0n) is 11.5. The van der Waals surface area contributed by atoms with Crippen molar-refractivity contribution in [1.29, 1.82) is 0 Å². The van der Waals surface area contributed by atoms with Crippen molar-refractivity contribution in [2.45, 2.75) is 32.6 Å². The van der Waals surface area contributed by atoms with Gasteiger partial charge in [0, 0.05) is 11.5 Å². The Morgan fingerprint density at radius 2 is 1.89 bits per heavy atom. The number of rotatable bonds is 2. The predicted molar refractivity (Wildman–Crippen MR) is 76.1 cm³/mol. The Hall–Kier alpha value is -1.68. The lowest BCUT2D eigenvalue weighted by atomic mass is 9.97. The molecule has 3 rings (SSSR count). The van der Waals surface area contributed by atoms with E-state index < -0.39 is 0 Å². The Balaban J connectivity index is 1.85. The van der Waals surface area contributed by atoms with Gasteiger partial charge in [0.15, 0.2) is 5.82 Å². The second-order valence-electron chi connectivity index (χ2n) is 5.37. The maximum atomic E-state index is 4.68. The highest BCUT2D eigenvalue weighted by Gasteiger charge is 2.19. The third kappa shape index (κ3) is 2.54. The van der Waals surface area contributed by atoms with Crippen LogP contribution >= 0.6 is 0 Å². The van der Waals surface area contributed by atoms with Crippen molar-refractivity contribution in [3.05, 3.63) is 35.2 Å². The fraction of sp³-hybridized carbons (Fsp3) is 0.467. The minimum Gasteiger partial charge on any atom is -0.317 e. The Morgan fingerprint density at radius 1 is 1.11 bits per heavy atom. The number of hydrogen-bond acceptors (Lipinski definition) is 3. The Morgan fingerprint density at radius 3 is 2.63 bits per heavy atom. The zero-order valence-corrected chi connectivity index (χ0v) is 11.5. The lowest BCUT2D eigenvalue weighted by Crippen LogP contribution is -2.27. The Bertz CT molecular complexity index is 567. The number of aromatic nitrogens is 3. The minimum absolute atomic E-state index is 0.522. The monoisotopic (exact) mass is 256 g/mol. The van der Waals surface area contributed by atoms with Crippen molar-refractivity contribution in [3.8, 4) is 11.4 Å². The van der Waals surface area contributed by atoms with E-state index in [-0.39, 0.29) is 0 Å². The van der Waals surface area contributed by atoms with E-state index in [0.717, 1.165) is 43.1 Å². The van der Waals surface area contributed by atoms with Gasteiger partial charge in [0.25, 0.3) is 0 Å². The fourth-order valence-corrected chi connectivity index (χ4v) is 2.56. The maximum Gasteiger partial charge on any atom is 0.181 e. The van der Waals surface area contributed by atoms with Gasteiger partial charge in [0.2, 0.25) is 0 Å². The standard InChI is InChI=1S/C15H20N4/c1-10-3-4-13(9-11(10)2)15-17-14(18-19-15)12-5-7-16-8-6-12/h3-4,9,12,16H,5-8H2,1-2H3,(H,17,18,19). The minimum atomic E-state index is 0.522. The van der Waals surface area contributed by atoms with Crippen LogP contribution in [0.1, 0.15) is 35.7 Å². The topological polar surface area (TPSA) is 53.6 Å². The Kier molecular flexibility index (Phi) is 3.34. The van der Waals surface area contributed by atoms with Crippen molar-refractivity contribution in [3.63, 3.8) is 0 Å². The summed E-state index contributed by atoms with van der Waals surface area (Å²) in [4.78, 5) is 4.68. The van der Waals surface area contributed by atoms with E-state index in [9.17, 15) is 0 Å². The number of nitrogens with one attached hydrogen (secondary N) is 2. The molecule has 4 heteroatoms. The number of hydrogen-bond donors (Lipinski definition) is 2. The molecule has 1 aromatic heterocycles. The summed E-state index contributed by atoms with van der Waals surface area (Å²) in [5.41, 5.74) is 3.68. The first-order valence-corrected chi connectivity index (χ1v) is 6.94. The van der Waals surface area contributed by atoms with Crippen LogP contribution in [0.2, 0.25) is 0 Å². The molecule has 1 fully saturated rings. The van der Waals surface area contributed by atoms with Gasteiger partial charge in [0.1, 0.15) is 5.82 Å². The van der Waals surface area contributed by atoms with Crippen LogP contribution < -0.4 is 5.32 Å². The lowest BCUT2D eigenvalue weighted by Gasteiger charge is -2.19. The molecule has 1 aliphatic heterocycles. The van der Waals surface area contributed by atoms with E-state index in [1.165, 1.54) is 11.1 Å². The van der Waals surface area contributed by atoms with Crippen LogP contribution in [0.5, 0.6) is 0 Å². The second kappa shape index (κ2) is 5.13. The quantitative estimate of drug-likeness (QED) is 0.868. The molecule has 0 atom stereocenters. The third-order valence-electron chi connectivity index (χ3n) is 3.99. The maximum absolute atomic E-state index is 4.68. The summed E-state index contributed by atoms with van der Waals surface area (Å²) in [6.07, 6.45) is 2.28. The molecule has 100 valence electrons. The zero-order chi connectivity index (χ0) is 13.2. The van der Waals surface area contributed by atoms with Crippen molar-refractivity contribution in [2.24, 2.45) is 0 Å². The highest BCUT2D eigenvalue weighted by Crippen LogP contribution is 2.25. The normalized spacial score (nSPS) is 16.7. The first kappa shape index (κ1) is 12.4. The number of benzene rings is 1. The van der Waals surface area contributed by atoms with Gasteiger partial charge in [-0.05, 0) is 57.0 Å². The molecule has 0 spiro atoms. The molecule has 0 aliphatic carbocycles. The van der Waals surface area contributed by atoms with Crippen LogP contribution in [0.4, 0.5) is 0 Å². The largest absolute Gasteiger partial charge is 0.317 e. The second-order valence-corrected chi connectivity index (χ2v) is 5.37. The highest BCUT2D eigenvalue weighted by molar-refractivity contribution is 5.56. The molecule has 1 aliphatic rings. The number of aromatic amines is 1. The van der Waals surface area contributed by atoms with Gasteiger partial charge in [-0.2, -0.15) is 5.10 Å². The summed E-state index contributed by atoms with van der Waals surface area (Å²) in [5.74, 6) is 2.38. The number of H-pyrrole nitrogens is 1. The molecule has 19 heavy (non-hydrogen) atoms. The van der Waals surface area contributed by atoms with Crippen LogP contribution in [0.15, 0.2) is 18.2 Å². The van der Waals surface area contributed by atoms with Crippen molar-refractivity contribution >= 4 is 0 Å². The number of nitrogens with zero attached hydrogens (tertiary/aromatic N) is 2. The van der Waals surface area contributed by atoms with Crippen LogP contribution in [0.3, 0.4) is 0 Å². The molecule has 2 aromatic rings. The summed E-state index contributed by atoms with van der Waals surface area (Å²) >= 11 is 0. The van der Waals surface area contributed by atoms with Crippen molar-refractivity contribution in [2.75, 3.05) is 13.1 Å². The van der Waals surface area contributed by atoms with Gasteiger partial charge in [0.05, 0.1) is 0 Å². The first-order valence-electron chi connectivity index (χ1n) is 6.94. The molecule has 0 radical (unpaired) electrons. The molecule has 0 amide bonds. The summed E-state index contributed by atoms with van der Waals surface area (Å²) in [5, 5.41) is 10.9. The van der Waals surface area contributed by atoms with E-state index in [2.05, 4.69) is 52.5 Å². The number of piperidine rings is 1. The van der Waals surface area contributed by atoms with Crippen molar-refractivity contribution in [1.82, 2.24) is 20.5 Å². The molecule has 2 heterocycles. The molecule has 1 saturated heterocycles. The Labute approximate surface area is 113 Å². The summed E-state index contributed by atoms with van der Waals surface area (Å²) in [6.45, 7) is 6.39. The lowest BCUT2D eigenvalue weighted by molar-refractivity contribution is 0.446. The molecule has 0 bridgehead atoms. The molecule has 0 saturated carbocycles. The van der Waals surface area contributed by atoms with Crippen molar-refractivity contribution < 1.29 is 0 Å². The van der Waals surface area contributed by atoms with Gasteiger partial charge >= 0.3 is 0 Å². The summed E-state index contributed by atoms with van der Waals surface area (Å²) in [6, 6.07) is 6.38. The SMILES string of the molecule is Cc1ccc(-c2n[nH]c(C3CCNCC3)n2)cc1C. The van der Waals surface area contributed by atoms with E-state index in [1.807, 2.05) is 0 Å². The van der Waals surface area contributed by atoms with Gasteiger partial charge in [-0.3, -0.25) is 5.10 Å². The molecule has 4 nitrogen and oxygen atoms in total. The van der Waals surface area contributed by atoms with Gasteiger partial charge < -0.3 is 5.32 Å². The van der Waals surface area contributed by atoms with Gasteiger partial charge in [-0.25, -0.2) is 4.98 Å². The molecular weight excluding hydrogens is 236 g/mol. The summed E-state index contributed by atoms with van der Waals surface area (Å²) in [7, 11) is 0. The molecule has 1 aromatic carbocycles. The van der Waals surface area contributed by atoms with Crippen LogP contribution in [0, 0.1) is 13.8 Å². The fourth-order valence-electron chi connectivity index (χ4n) is 2.56. The van der Waals surface area contributed by atoms with E-state index in [4.69, 9.17) is 0 Å². The van der Waals surface area contributed by atoms with E-state index in [1.54, 1.807) is 0 Å². The van der Waals surface area contributed by atoms with Gasteiger partial charge in [-0.1, -0.05) is 12.1 Å². The average molecular weight is 256 g/mol. The average Bonchev–Trinajstić information content (AvgIpc) is 2.93. The third-order valence-corrected chi connectivity index (χ3v) is 3.99. The van der Waals surface area contributed by atoms with Crippen LogP contribution in [0.25, 0.3) is 11.4 Å². The van der Waals surface area contributed by atoms with Crippen LogP contribution in [-0.2, 0) is 0 Å². The highest BCUT2D eigenvalue weighted by atomic mass is 15.2. The first-order chi connectivity index (χ1) is 9.24. The van der Waals surface area contributed by atoms with Crippen LogP contribution in [-0.4, -0.2) is 28.3 Å². The predicted octanol–water partition coefficient (Wildman–Crippen LogP) is 2.56. The van der Waals surface area contributed by atoms with E-state index in [0.29, 0.717) is 5.92 Å². The number of aryl methyl sites for hydroxylation is 2. The van der Waals surface area contributed by atoms with E-state index >= 15 is 0 Å². The van der Waals surface area contributed by atoms with Gasteiger partial charge in [-0.15, -0.1) is 0 Å². The molecular formula is C15H20N4. The molecule has 0 unspecified atom stereocenters.